The summed E-state index contributed by atoms with van der Waals surface area (Å²) in [5, 5.41) is 7.35. The number of hydrogen-bond acceptors (Lipinski definition) is 2. The molecule has 0 aromatic heterocycles. The number of halogens is 2. The Morgan fingerprint density at radius 2 is 1.80 bits per heavy atom. The molecule has 10 heavy (non-hydrogen) atoms. The van der Waals surface area contributed by atoms with Gasteiger partial charge in [0, 0.05) is 6.54 Å². The molecule has 0 spiro atoms. The fraction of sp³-hybridized carbons (Fsp3) is 1.00. The van der Waals surface area contributed by atoms with Crippen LogP contribution in [0.1, 0.15) is 0 Å². The molecule has 68 valence electrons. The summed E-state index contributed by atoms with van der Waals surface area (Å²) in [6, 6.07) is 0. The molecule has 1 rings (SSSR count). The molecule has 0 aliphatic carbocycles. The SMILES string of the molecule is C1COCN1.[Br-].[Br-].[CH3][Pd+2][CH3]. The van der Waals surface area contributed by atoms with Gasteiger partial charge in [0.2, 0.25) is 0 Å². The Bertz CT molecular complexity index is 39.0. The van der Waals surface area contributed by atoms with E-state index in [9.17, 15) is 0 Å². The Morgan fingerprint density at radius 1 is 1.30 bits per heavy atom. The average Bonchev–Trinajstić information content (AvgIpc) is 2.17. The molecule has 0 unspecified atom stereocenters. The summed E-state index contributed by atoms with van der Waals surface area (Å²) in [5.41, 5.74) is 0. The van der Waals surface area contributed by atoms with Gasteiger partial charge in [0.1, 0.15) is 0 Å². The van der Waals surface area contributed by atoms with Crippen molar-refractivity contribution in [1.82, 2.24) is 5.32 Å². The zero-order chi connectivity index (χ0) is 6.24. The van der Waals surface area contributed by atoms with Crippen molar-refractivity contribution in [1.29, 1.82) is 0 Å². The molecule has 1 heterocycles. The number of ether oxygens (including phenoxy) is 1. The summed E-state index contributed by atoms with van der Waals surface area (Å²) in [6.45, 7) is 2.67. The summed E-state index contributed by atoms with van der Waals surface area (Å²) in [6.07, 6.45) is 0. The van der Waals surface area contributed by atoms with Crippen LogP contribution in [0.15, 0.2) is 0 Å². The van der Waals surface area contributed by atoms with Gasteiger partial charge in [0.25, 0.3) is 0 Å². The summed E-state index contributed by atoms with van der Waals surface area (Å²) in [5.74, 6) is 0. The Hall–Kier alpha value is 1.54. The predicted molar refractivity (Wildman–Crippen MR) is 30.5 cm³/mol. The van der Waals surface area contributed by atoms with E-state index in [4.69, 9.17) is 4.74 Å². The van der Waals surface area contributed by atoms with E-state index < -0.39 is 0 Å². The van der Waals surface area contributed by atoms with Crippen molar-refractivity contribution in [3.63, 3.8) is 0 Å². The summed E-state index contributed by atoms with van der Waals surface area (Å²) < 4.78 is 4.83. The van der Waals surface area contributed by atoms with Gasteiger partial charge in [-0.1, -0.05) is 0 Å². The van der Waals surface area contributed by atoms with Crippen molar-refractivity contribution >= 4 is 0 Å². The van der Waals surface area contributed by atoms with Gasteiger partial charge in [-0.05, 0) is 0 Å². The molecule has 0 amide bonds. The van der Waals surface area contributed by atoms with Gasteiger partial charge in [0.05, 0.1) is 13.3 Å². The van der Waals surface area contributed by atoms with Crippen LogP contribution in [0.5, 0.6) is 0 Å². The third-order valence-corrected chi connectivity index (χ3v) is 0.627. The van der Waals surface area contributed by atoms with E-state index in [0.717, 1.165) is 37.9 Å². The third kappa shape index (κ3) is 16.3. The molecule has 1 saturated heterocycles. The third-order valence-electron chi connectivity index (χ3n) is 0.627. The van der Waals surface area contributed by atoms with E-state index in [1.807, 2.05) is 0 Å². The van der Waals surface area contributed by atoms with Crippen molar-refractivity contribution in [2.24, 2.45) is 0 Å². The van der Waals surface area contributed by atoms with Gasteiger partial charge in [-0.2, -0.15) is 0 Å². The molecule has 1 N–H and O–H groups in total. The van der Waals surface area contributed by atoms with E-state index in [-0.39, 0.29) is 34.0 Å². The van der Waals surface area contributed by atoms with Crippen LogP contribution in [-0.2, 0) is 22.7 Å². The van der Waals surface area contributed by atoms with Crippen molar-refractivity contribution in [3.8, 4) is 0 Å². The van der Waals surface area contributed by atoms with E-state index in [1.165, 1.54) is 0 Å². The van der Waals surface area contributed by atoms with Crippen LogP contribution in [0.3, 0.4) is 0 Å². The molecule has 5 heteroatoms. The minimum absolute atomic E-state index is 0. The Balaban J connectivity index is -0.0000000900. The van der Waals surface area contributed by atoms with Gasteiger partial charge in [0.15, 0.2) is 0 Å². The minimum atomic E-state index is 0. The molecule has 1 aliphatic heterocycles. The van der Waals surface area contributed by atoms with Crippen LogP contribution in [0.25, 0.3) is 0 Å². The summed E-state index contributed by atoms with van der Waals surface area (Å²) >= 11 is 0.950. The molecule has 0 saturated carbocycles. The monoisotopic (exact) mass is 367 g/mol. The first kappa shape index (κ1) is 17.6. The maximum atomic E-state index is 4.83. The second kappa shape index (κ2) is 16.9. The molecular weight excluding hydrogens is 356 g/mol. The van der Waals surface area contributed by atoms with Crippen LogP contribution >= 0.6 is 0 Å². The predicted octanol–water partition coefficient (Wildman–Crippen LogP) is -5.26. The molecule has 0 aromatic rings. The maximum absolute atomic E-state index is 4.83. The number of nitrogens with one attached hydrogen (secondary N) is 1. The summed E-state index contributed by atoms with van der Waals surface area (Å²) in [4.78, 5) is 0. The van der Waals surface area contributed by atoms with Crippen molar-refractivity contribution in [3.05, 3.63) is 0 Å². The van der Waals surface area contributed by atoms with Crippen molar-refractivity contribution in [2.75, 3.05) is 19.9 Å². The van der Waals surface area contributed by atoms with Crippen molar-refractivity contribution in [2.45, 2.75) is 10.8 Å². The Morgan fingerprint density at radius 3 is 1.90 bits per heavy atom. The first-order chi connectivity index (χ1) is 3.91. The quantitative estimate of drug-likeness (QED) is 0.431. The van der Waals surface area contributed by atoms with Gasteiger partial charge in [-0.25, -0.2) is 0 Å². The van der Waals surface area contributed by atoms with Crippen LogP contribution in [0, 0.1) is 0 Å². The van der Waals surface area contributed by atoms with Gasteiger partial charge in [-0.15, -0.1) is 0 Å². The Labute approximate surface area is 92.2 Å². The van der Waals surface area contributed by atoms with E-state index in [1.54, 1.807) is 0 Å². The van der Waals surface area contributed by atoms with Crippen LogP contribution < -0.4 is 39.3 Å². The zero-order valence-electron chi connectivity index (χ0n) is 6.10. The fourth-order valence-electron chi connectivity index (χ4n) is 0.361. The molecule has 1 fully saturated rings. The van der Waals surface area contributed by atoms with Gasteiger partial charge in [-0.3, -0.25) is 5.32 Å². The second-order valence-corrected chi connectivity index (χ2v) is 2.92. The van der Waals surface area contributed by atoms with Gasteiger partial charge < -0.3 is 38.7 Å². The second-order valence-electron chi connectivity index (χ2n) is 1.37. The van der Waals surface area contributed by atoms with E-state index in [2.05, 4.69) is 16.1 Å². The molecule has 2 nitrogen and oxygen atoms in total. The Kier molecular flexibility index (Phi) is 29.7. The fourth-order valence-corrected chi connectivity index (χ4v) is 0.361. The molecular formula is C5H13Br2NOPd. The molecule has 0 aromatic carbocycles. The van der Waals surface area contributed by atoms with Crippen LogP contribution in [-0.4, -0.2) is 19.9 Å². The van der Waals surface area contributed by atoms with Crippen LogP contribution in [0.2, 0.25) is 10.8 Å². The van der Waals surface area contributed by atoms with Gasteiger partial charge >= 0.3 is 28.8 Å². The normalized spacial score (nSPS) is 14.2. The first-order valence-electron chi connectivity index (χ1n) is 2.42. The summed E-state index contributed by atoms with van der Waals surface area (Å²) in [7, 11) is 0. The van der Waals surface area contributed by atoms with Crippen LogP contribution in [0.4, 0.5) is 0 Å². The topological polar surface area (TPSA) is 21.3 Å². The molecule has 0 atom stereocenters. The number of hydrogen-bond donors (Lipinski definition) is 1. The van der Waals surface area contributed by atoms with E-state index >= 15 is 0 Å². The number of rotatable bonds is 0. The standard InChI is InChI=1S/C3H7NO.2CH3.2BrH.Pd/c1-2-5-3-4-1;;;;;/h4H,1-3H2;2*1H3;2*1H;/q;;;;;+2/p-2. The molecule has 0 bridgehead atoms. The van der Waals surface area contributed by atoms with E-state index in [0.29, 0.717) is 0 Å². The first-order valence-corrected chi connectivity index (χ1v) is 5.53. The zero-order valence-corrected chi connectivity index (χ0v) is 10.8. The molecule has 0 radical (unpaired) electrons. The van der Waals surface area contributed by atoms with Crippen molar-refractivity contribution < 1.29 is 56.7 Å². The average molecular weight is 369 g/mol. The molecule has 1 aliphatic rings.